The fourth-order valence-corrected chi connectivity index (χ4v) is 5.49. The molecule has 0 unspecified atom stereocenters. The van der Waals surface area contributed by atoms with E-state index in [0.29, 0.717) is 11.4 Å². The number of carbonyl (C=O) groups is 1. The molecule has 3 aromatic heterocycles. The van der Waals surface area contributed by atoms with Crippen LogP contribution in [-0.4, -0.2) is 73.1 Å². The van der Waals surface area contributed by atoms with E-state index in [1.54, 1.807) is 18.5 Å². The van der Waals surface area contributed by atoms with E-state index in [-0.39, 0.29) is 5.91 Å². The van der Waals surface area contributed by atoms with Crippen LogP contribution in [0.25, 0.3) is 27.5 Å². The summed E-state index contributed by atoms with van der Waals surface area (Å²) in [5.74, 6) is 0.314. The van der Waals surface area contributed by atoms with Crippen LogP contribution >= 0.6 is 22.9 Å². The van der Waals surface area contributed by atoms with Crippen molar-refractivity contribution in [3.05, 3.63) is 78.0 Å². The van der Waals surface area contributed by atoms with Crippen molar-refractivity contribution in [1.82, 2.24) is 27.8 Å². The minimum Gasteiger partial charge on any atom is -0.379 e. The highest BCUT2D eigenvalue weighted by Gasteiger charge is 2.18. The Kier molecular flexibility index (Phi) is 7.69. The van der Waals surface area contributed by atoms with Gasteiger partial charge in [0.05, 0.1) is 30.8 Å². The minimum atomic E-state index is -0.200. The monoisotopic (exact) mass is 635 g/mol. The molecule has 1 saturated heterocycles. The molecule has 0 spiro atoms. The van der Waals surface area contributed by atoms with E-state index in [1.165, 1.54) is 11.3 Å². The number of pyridine rings is 2. The Labute approximate surface area is 241 Å². The molecule has 1 aromatic carbocycles. The predicted octanol–water partition coefficient (Wildman–Crippen LogP) is 4.55. The lowest BCUT2D eigenvalue weighted by Crippen LogP contribution is -2.36. The Morgan fingerprint density at radius 1 is 1.05 bits per heavy atom. The van der Waals surface area contributed by atoms with E-state index in [9.17, 15) is 4.79 Å². The van der Waals surface area contributed by atoms with Gasteiger partial charge in [0.2, 0.25) is 0 Å². The first-order valence-electron chi connectivity index (χ1n) is 13.1. The number of nitrogens with one attached hydrogen (secondary N) is 1. The highest BCUT2D eigenvalue weighted by atomic mass is 127. The molecular formula is C29H30IN7O2. The number of hydrogen-bond donors (Lipinski definition) is 1. The van der Waals surface area contributed by atoms with Crippen molar-refractivity contribution in [3.63, 3.8) is 0 Å². The standard InChI is InChI=1S/C29H30IN7O2/c1-35-27(19-36-10-12-39-13-11-36)25(18-33-35)21-2-3-23-17-32-28(16-24(23)14-21)34-29(38)22-4-7-31-26(15-22)20-5-8-37(30)9-6-20/h2-5,7,14-18H,6,8-13,19H2,1H3,(H,32,34,38). The Hall–Kier alpha value is -3.19. The number of hydrogen-bond acceptors (Lipinski definition) is 7. The largest absolute Gasteiger partial charge is 0.379 e. The summed E-state index contributed by atoms with van der Waals surface area (Å²) < 4.78 is 9.69. The third-order valence-corrected chi connectivity index (χ3v) is 8.20. The van der Waals surface area contributed by atoms with Crippen LogP contribution in [0.1, 0.15) is 28.2 Å². The number of halogens is 1. The molecule has 10 heteroatoms. The van der Waals surface area contributed by atoms with Crippen LogP contribution in [0, 0.1) is 0 Å². The van der Waals surface area contributed by atoms with Gasteiger partial charge in [0.1, 0.15) is 5.82 Å². The average molecular weight is 636 g/mol. The lowest BCUT2D eigenvalue weighted by atomic mass is 10.0. The molecule has 39 heavy (non-hydrogen) atoms. The summed E-state index contributed by atoms with van der Waals surface area (Å²) in [6, 6.07) is 11.8. The van der Waals surface area contributed by atoms with Gasteiger partial charge < -0.3 is 10.1 Å². The zero-order valence-corrected chi connectivity index (χ0v) is 24.0. The summed E-state index contributed by atoms with van der Waals surface area (Å²) in [4.78, 5) is 24.5. The van der Waals surface area contributed by atoms with Crippen molar-refractivity contribution in [1.29, 1.82) is 0 Å². The van der Waals surface area contributed by atoms with Crippen molar-refractivity contribution >= 4 is 50.9 Å². The normalized spacial score (nSPS) is 16.8. The van der Waals surface area contributed by atoms with Crippen LogP contribution < -0.4 is 5.32 Å². The smallest absolute Gasteiger partial charge is 0.256 e. The summed E-state index contributed by atoms with van der Waals surface area (Å²) in [5, 5.41) is 9.54. The first-order chi connectivity index (χ1) is 19.0. The molecule has 2 aliphatic rings. The van der Waals surface area contributed by atoms with Crippen LogP contribution in [0.5, 0.6) is 0 Å². The molecule has 9 nitrogen and oxygen atoms in total. The number of rotatable bonds is 6. The number of amides is 1. The first-order valence-corrected chi connectivity index (χ1v) is 14.1. The summed E-state index contributed by atoms with van der Waals surface area (Å²) in [6.45, 7) is 6.05. The van der Waals surface area contributed by atoms with Crippen LogP contribution in [0.4, 0.5) is 5.82 Å². The summed E-state index contributed by atoms with van der Waals surface area (Å²) >= 11 is 2.33. The highest BCUT2D eigenvalue weighted by Crippen LogP contribution is 2.29. The number of carbonyl (C=O) groups excluding carboxylic acids is 1. The maximum absolute atomic E-state index is 13.1. The van der Waals surface area contributed by atoms with Gasteiger partial charge in [-0.3, -0.25) is 19.4 Å². The molecule has 0 bridgehead atoms. The molecule has 0 radical (unpaired) electrons. The number of anilines is 1. The molecule has 6 rings (SSSR count). The fraction of sp³-hybridized carbons (Fsp3) is 0.310. The zero-order valence-electron chi connectivity index (χ0n) is 21.8. The second-order valence-electron chi connectivity index (χ2n) is 9.88. The molecule has 1 amide bonds. The number of benzene rings is 1. The van der Waals surface area contributed by atoms with E-state index in [4.69, 9.17) is 4.74 Å². The number of fused-ring (bicyclic) bond motifs is 1. The van der Waals surface area contributed by atoms with Crippen molar-refractivity contribution in [2.24, 2.45) is 7.05 Å². The molecule has 5 heterocycles. The van der Waals surface area contributed by atoms with Crippen molar-refractivity contribution in [2.45, 2.75) is 13.0 Å². The van der Waals surface area contributed by atoms with Gasteiger partial charge in [-0.15, -0.1) is 0 Å². The van der Waals surface area contributed by atoms with E-state index < -0.39 is 0 Å². The van der Waals surface area contributed by atoms with Crippen molar-refractivity contribution in [3.8, 4) is 11.1 Å². The van der Waals surface area contributed by atoms with Gasteiger partial charge in [-0.05, 0) is 47.2 Å². The zero-order chi connectivity index (χ0) is 26.8. The van der Waals surface area contributed by atoms with Crippen LogP contribution in [-0.2, 0) is 18.3 Å². The first kappa shape index (κ1) is 26.1. The van der Waals surface area contributed by atoms with E-state index >= 15 is 0 Å². The Morgan fingerprint density at radius 3 is 2.74 bits per heavy atom. The molecule has 1 fully saturated rings. The molecule has 0 aliphatic carbocycles. The van der Waals surface area contributed by atoms with E-state index in [2.05, 4.69) is 75.5 Å². The summed E-state index contributed by atoms with van der Waals surface area (Å²) in [7, 11) is 1.99. The summed E-state index contributed by atoms with van der Waals surface area (Å²) in [6.07, 6.45) is 8.52. The predicted molar refractivity (Wildman–Crippen MR) is 160 cm³/mol. The average Bonchev–Trinajstić information content (AvgIpc) is 3.33. The van der Waals surface area contributed by atoms with Crippen molar-refractivity contribution < 1.29 is 9.53 Å². The number of aromatic nitrogens is 4. The quantitative estimate of drug-likeness (QED) is 0.246. The van der Waals surface area contributed by atoms with Crippen molar-refractivity contribution in [2.75, 3.05) is 44.7 Å². The number of nitrogens with zero attached hydrogens (tertiary/aromatic N) is 6. The SMILES string of the molecule is Cn1ncc(-c2ccc3cnc(NC(=O)c4ccnc(C5=CCN(I)CC5)c4)cc3c2)c1CN1CCOCC1. The molecule has 0 atom stereocenters. The Balaban J connectivity index is 1.22. The lowest BCUT2D eigenvalue weighted by Gasteiger charge is -2.27. The van der Waals surface area contributed by atoms with Gasteiger partial charge in [-0.2, -0.15) is 5.10 Å². The minimum absolute atomic E-state index is 0.200. The van der Waals surface area contributed by atoms with Gasteiger partial charge in [-0.1, -0.05) is 18.2 Å². The molecule has 0 saturated carbocycles. The maximum atomic E-state index is 13.1. The van der Waals surface area contributed by atoms with Gasteiger partial charge in [0.15, 0.2) is 0 Å². The maximum Gasteiger partial charge on any atom is 0.256 e. The highest BCUT2D eigenvalue weighted by molar-refractivity contribution is 14.1. The summed E-state index contributed by atoms with van der Waals surface area (Å²) in [5.41, 5.74) is 5.97. The molecule has 2 aliphatic heterocycles. The molecular weight excluding hydrogens is 605 g/mol. The van der Waals surface area contributed by atoms with Crippen LogP contribution in [0.2, 0.25) is 0 Å². The molecule has 200 valence electrons. The van der Waals surface area contributed by atoms with Gasteiger partial charge in [0, 0.05) is 91.5 Å². The topological polar surface area (TPSA) is 88.4 Å². The number of ether oxygens (including phenoxy) is 1. The number of aryl methyl sites for hydroxylation is 1. The number of morpholine rings is 1. The van der Waals surface area contributed by atoms with E-state index in [1.807, 2.05) is 30.1 Å². The second kappa shape index (κ2) is 11.5. The van der Waals surface area contributed by atoms with Crippen LogP contribution in [0.15, 0.2) is 61.1 Å². The van der Waals surface area contributed by atoms with Gasteiger partial charge in [0.25, 0.3) is 5.91 Å². The molecule has 1 N–H and O–H groups in total. The Morgan fingerprint density at radius 2 is 1.92 bits per heavy atom. The third-order valence-electron chi connectivity index (χ3n) is 7.32. The second-order valence-corrected chi connectivity index (χ2v) is 11.2. The Bertz CT molecular complexity index is 1540. The van der Waals surface area contributed by atoms with Gasteiger partial charge >= 0.3 is 0 Å². The molecule has 4 aromatic rings. The van der Waals surface area contributed by atoms with E-state index in [0.717, 1.165) is 80.0 Å². The lowest BCUT2D eigenvalue weighted by molar-refractivity contribution is 0.0332. The third kappa shape index (κ3) is 5.88. The fourth-order valence-electron chi connectivity index (χ4n) is 5.05. The van der Waals surface area contributed by atoms with Gasteiger partial charge in [-0.25, -0.2) is 8.10 Å². The van der Waals surface area contributed by atoms with Crippen LogP contribution in [0.3, 0.4) is 0 Å².